The van der Waals surface area contributed by atoms with Gasteiger partial charge in [0.1, 0.15) is 0 Å². The lowest BCUT2D eigenvalue weighted by atomic mass is 10.1. The fraction of sp³-hybridized carbons (Fsp3) is 0.562. The molecule has 1 N–H and O–H groups in total. The monoisotopic (exact) mass is 331 g/mol. The van der Waals surface area contributed by atoms with Crippen LogP contribution in [0.5, 0.6) is 0 Å². The van der Waals surface area contributed by atoms with Gasteiger partial charge in [0.15, 0.2) is 0 Å². The molecule has 0 amide bonds. The van der Waals surface area contributed by atoms with Gasteiger partial charge < -0.3 is 10.1 Å². The second-order valence-corrected chi connectivity index (χ2v) is 5.70. The van der Waals surface area contributed by atoms with Crippen molar-refractivity contribution in [1.82, 2.24) is 5.32 Å². The van der Waals surface area contributed by atoms with Gasteiger partial charge in [-0.3, -0.25) is 4.79 Å². The summed E-state index contributed by atoms with van der Waals surface area (Å²) in [6.45, 7) is 4.13. The van der Waals surface area contributed by atoms with Gasteiger partial charge in [0.25, 0.3) is 0 Å². The van der Waals surface area contributed by atoms with Crippen molar-refractivity contribution in [3.8, 4) is 0 Å². The van der Waals surface area contributed by atoms with Gasteiger partial charge in [0, 0.05) is 16.5 Å². The number of unbranched alkanes of at least 4 members (excludes halogenated alkanes) is 2. The van der Waals surface area contributed by atoms with Gasteiger partial charge in [0.05, 0.1) is 6.61 Å². The first kappa shape index (κ1) is 18.3. The maximum atomic E-state index is 11.1. The summed E-state index contributed by atoms with van der Waals surface area (Å²) in [6.07, 6.45) is 4.40. The van der Waals surface area contributed by atoms with E-state index in [0.29, 0.717) is 18.1 Å². The summed E-state index contributed by atoms with van der Waals surface area (Å²) in [4.78, 5) is 11.1. The van der Waals surface area contributed by atoms with Crippen molar-refractivity contribution in [3.63, 3.8) is 0 Å². The number of hydrogen-bond donors (Lipinski definition) is 1. The minimum atomic E-state index is -0.0946. The van der Waals surface area contributed by atoms with Crippen LogP contribution >= 0.6 is 23.2 Å². The van der Waals surface area contributed by atoms with Crippen molar-refractivity contribution in [2.24, 2.45) is 0 Å². The Balaban J connectivity index is 2.01. The summed E-state index contributed by atoms with van der Waals surface area (Å²) in [6, 6.07) is 5.59. The van der Waals surface area contributed by atoms with Crippen LogP contribution in [0.2, 0.25) is 10.0 Å². The number of hydrogen-bond acceptors (Lipinski definition) is 3. The molecular weight excluding hydrogens is 309 g/mol. The zero-order chi connectivity index (χ0) is 15.5. The second-order valence-electron chi connectivity index (χ2n) is 4.85. The van der Waals surface area contributed by atoms with Gasteiger partial charge >= 0.3 is 5.97 Å². The smallest absolute Gasteiger partial charge is 0.305 e. The zero-order valence-electron chi connectivity index (χ0n) is 12.5. The van der Waals surface area contributed by atoms with Gasteiger partial charge in [-0.15, -0.1) is 0 Å². The quantitative estimate of drug-likeness (QED) is 0.514. The number of esters is 1. The van der Waals surface area contributed by atoms with Crippen molar-refractivity contribution in [2.45, 2.75) is 39.0 Å². The van der Waals surface area contributed by atoms with E-state index < -0.39 is 0 Å². The first-order valence-electron chi connectivity index (χ1n) is 7.43. The average Bonchev–Trinajstić information content (AvgIpc) is 2.44. The summed E-state index contributed by atoms with van der Waals surface area (Å²) in [5.41, 5.74) is 1.11. The standard InChI is InChI=1S/C16H23Cl2NO2/c1-2-21-16(20)6-4-3-5-10-19-11-9-13-7-8-14(17)12-15(13)18/h7-8,12,19H,2-6,9-11H2,1H3. The Morgan fingerprint density at radius 1 is 1.19 bits per heavy atom. The van der Waals surface area contributed by atoms with Gasteiger partial charge in [-0.2, -0.15) is 0 Å². The molecule has 1 aromatic rings. The molecule has 0 atom stereocenters. The number of carbonyl (C=O) groups excluding carboxylic acids is 1. The third kappa shape index (κ3) is 8.30. The first-order chi connectivity index (χ1) is 10.1. The highest BCUT2D eigenvalue weighted by atomic mass is 35.5. The molecule has 0 saturated carbocycles. The Labute approximate surface area is 137 Å². The average molecular weight is 332 g/mol. The van der Waals surface area contributed by atoms with Gasteiger partial charge in [-0.05, 0) is 57.0 Å². The van der Waals surface area contributed by atoms with Crippen molar-refractivity contribution in [3.05, 3.63) is 33.8 Å². The Morgan fingerprint density at radius 2 is 2.00 bits per heavy atom. The molecule has 0 spiro atoms. The van der Waals surface area contributed by atoms with Crippen LogP contribution in [0.1, 0.15) is 38.2 Å². The first-order valence-corrected chi connectivity index (χ1v) is 8.19. The molecule has 5 heteroatoms. The van der Waals surface area contributed by atoms with Crippen LogP contribution in [0.15, 0.2) is 18.2 Å². The van der Waals surface area contributed by atoms with Crippen molar-refractivity contribution < 1.29 is 9.53 Å². The van der Waals surface area contributed by atoms with Crippen LogP contribution in [0.25, 0.3) is 0 Å². The van der Waals surface area contributed by atoms with E-state index in [0.717, 1.165) is 49.4 Å². The normalized spacial score (nSPS) is 10.6. The molecule has 0 saturated heterocycles. The molecular formula is C16H23Cl2NO2. The lowest BCUT2D eigenvalue weighted by Crippen LogP contribution is -2.18. The number of ether oxygens (including phenoxy) is 1. The molecule has 1 rings (SSSR count). The molecule has 21 heavy (non-hydrogen) atoms. The number of nitrogens with one attached hydrogen (secondary N) is 1. The number of halogens is 2. The number of benzene rings is 1. The lowest BCUT2D eigenvalue weighted by Gasteiger charge is -2.07. The summed E-state index contributed by atoms with van der Waals surface area (Å²) in [5.74, 6) is -0.0946. The zero-order valence-corrected chi connectivity index (χ0v) is 14.0. The molecule has 118 valence electrons. The lowest BCUT2D eigenvalue weighted by molar-refractivity contribution is -0.143. The number of rotatable bonds is 10. The second kappa shape index (κ2) is 10.9. The topological polar surface area (TPSA) is 38.3 Å². The molecule has 3 nitrogen and oxygen atoms in total. The van der Waals surface area contributed by atoms with Gasteiger partial charge in [-0.25, -0.2) is 0 Å². The Kier molecular flexibility index (Phi) is 9.48. The minimum Gasteiger partial charge on any atom is -0.466 e. The Morgan fingerprint density at radius 3 is 2.71 bits per heavy atom. The van der Waals surface area contributed by atoms with Crippen LogP contribution in [0, 0.1) is 0 Å². The van der Waals surface area contributed by atoms with Crippen LogP contribution in [0.3, 0.4) is 0 Å². The highest BCUT2D eigenvalue weighted by molar-refractivity contribution is 6.35. The van der Waals surface area contributed by atoms with E-state index in [4.69, 9.17) is 27.9 Å². The van der Waals surface area contributed by atoms with Crippen molar-refractivity contribution in [1.29, 1.82) is 0 Å². The van der Waals surface area contributed by atoms with Crippen LogP contribution in [-0.4, -0.2) is 25.7 Å². The summed E-state index contributed by atoms with van der Waals surface area (Å²) in [5, 5.41) is 4.77. The van der Waals surface area contributed by atoms with E-state index in [1.54, 1.807) is 6.07 Å². The molecule has 0 bridgehead atoms. The molecule has 0 heterocycles. The molecule has 1 aromatic carbocycles. The van der Waals surface area contributed by atoms with E-state index in [-0.39, 0.29) is 5.97 Å². The van der Waals surface area contributed by atoms with Gasteiger partial charge in [0.2, 0.25) is 0 Å². The summed E-state index contributed by atoms with van der Waals surface area (Å²) in [7, 11) is 0. The third-order valence-corrected chi connectivity index (χ3v) is 3.71. The highest BCUT2D eigenvalue weighted by Gasteiger charge is 2.02. The Hall–Kier alpha value is -0.770. The van der Waals surface area contributed by atoms with Crippen LogP contribution in [0.4, 0.5) is 0 Å². The van der Waals surface area contributed by atoms with Crippen molar-refractivity contribution >= 4 is 29.2 Å². The molecule has 0 fully saturated rings. The predicted molar refractivity (Wildman–Crippen MR) is 88.1 cm³/mol. The third-order valence-electron chi connectivity index (χ3n) is 3.13. The molecule has 0 aromatic heterocycles. The maximum Gasteiger partial charge on any atom is 0.305 e. The maximum absolute atomic E-state index is 11.1. The summed E-state index contributed by atoms with van der Waals surface area (Å²) >= 11 is 12.0. The fourth-order valence-corrected chi connectivity index (χ4v) is 2.50. The van der Waals surface area contributed by atoms with E-state index in [9.17, 15) is 4.79 Å². The number of carbonyl (C=O) groups is 1. The minimum absolute atomic E-state index is 0.0946. The highest BCUT2D eigenvalue weighted by Crippen LogP contribution is 2.20. The SMILES string of the molecule is CCOC(=O)CCCCCNCCc1ccc(Cl)cc1Cl. The largest absolute Gasteiger partial charge is 0.466 e. The van der Waals surface area contributed by atoms with E-state index >= 15 is 0 Å². The van der Waals surface area contributed by atoms with Crippen molar-refractivity contribution in [2.75, 3.05) is 19.7 Å². The van der Waals surface area contributed by atoms with E-state index in [1.807, 2.05) is 19.1 Å². The molecule has 0 aliphatic rings. The Bertz CT molecular complexity index is 438. The molecule has 0 aliphatic heterocycles. The van der Waals surface area contributed by atoms with Crippen LogP contribution in [-0.2, 0) is 16.0 Å². The molecule has 0 unspecified atom stereocenters. The van der Waals surface area contributed by atoms with E-state index in [2.05, 4.69) is 5.32 Å². The predicted octanol–water partition coefficient (Wildman–Crippen LogP) is 4.25. The van der Waals surface area contributed by atoms with E-state index in [1.165, 1.54) is 0 Å². The fourth-order valence-electron chi connectivity index (χ4n) is 2.00. The molecule has 0 radical (unpaired) electrons. The summed E-state index contributed by atoms with van der Waals surface area (Å²) < 4.78 is 4.88. The van der Waals surface area contributed by atoms with Gasteiger partial charge in [-0.1, -0.05) is 35.7 Å². The van der Waals surface area contributed by atoms with Crippen LogP contribution < -0.4 is 5.32 Å². The molecule has 0 aliphatic carbocycles.